The van der Waals surface area contributed by atoms with Crippen LogP contribution in [-0.2, 0) is 10.0 Å². The van der Waals surface area contributed by atoms with Crippen molar-refractivity contribution in [3.8, 4) is 0 Å². The zero-order valence-electron chi connectivity index (χ0n) is 12.0. The normalized spacial score (nSPS) is 14.7. The van der Waals surface area contributed by atoms with Crippen LogP contribution in [0.1, 0.15) is 36.2 Å². The smallest absolute Gasteiger partial charge is 0.336 e. The van der Waals surface area contributed by atoms with Crippen molar-refractivity contribution in [1.82, 2.24) is 4.72 Å². The summed E-state index contributed by atoms with van der Waals surface area (Å²) >= 11 is 3.17. The molecule has 0 heterocycles. The summed E-state index contributed by atoms with van der Waals surface area (Å²) in [7, 11) is -3.94. The molecular formula is C13H18BrNO5S. The third-order valence-corrected chi connectivity index (χ3v) is 5.81. The molecule has 6 nitrogen and oxygen atoms in total. The molecule has 0 amide bonds. The van der Waals surface area contributed by atoms with Crippen LogP contribution in [0, 0.1) is 6.92 Å². The van der Waals surface area contributed by atoms with Gasteiger partial charge in [0.05, 0.1) is 22.6 Å². The highest BCUT2D eigenvalue weighted by molar-refractivity contribution is 9.10. The highest BCUT2D eigenvalue weighted by atomic mass is 79.9. The summed E-state index contributed by atoms with van der Waals surface area (Å²) in [4.78, 5) is 11.0. The lowest BCUT2D eigenvalue weighted by Crippen LogP contribution is -2.48. The van der Waals surface area contributed by atoms with E-state index < -0.39 is 21.5 Å². The first-order chi connectivity index (χ1) is 9.56. The summed E-state index contributed by atoms with van der Waals surface area (Å²) in [5.74, 6) is -1.20. The van der Waals surface area contributed by atoms with E-state index in [-0.39, 0.29) is 17.1 Å². The van der Waals surface area contributed by atoms with Gasteiger partial charge in [-0.05, 0) is 38.0 Å². The molecule has 0 aliphatic heterocycles. The standard InChI is InChI=1S/C13H18BrNO5S/c1-4-13(3,7-16)15-21(19,20)9-5-10(12(17)18)8(2)11(14)6-9/h5-6,15-16H,4,7H2,1-3H3,(H,17,18). The van der Waals surface area contributed by atoms with Crippen molar-refractivity contribution in [2.45, 2.75) is 37.6 Å². The van der Waals surface area contributed by atoms with E-state index in [1.54, 1.807) is 20.8 Å². The Hall–Kier alpha value is -0.960. The van der Waals surface area contributed by atoms with Gasteiger partial charge in [-0.2, -0.15) is 0 Å². The number of aromatic carboxylic acids is 1. The summed E-state index contributed by atoms with van der Waals surface area (Å²) in [6, 6.07) is 2.45. The number of aliphatic hydroxyl groups is 1. The maximum atomic E-state index is 12.4. The Balaban J connectivity index is 3.36. The second kappa shape index (κ2) is 6.43. The molecule has 1 rings (SSSR count). The molecule has 1 aromatic carbocycles. The van der Waals surface area contributed by atoms with E-state index >= 15 is 0 Å². The van der Waals surface area contributed by atoms with E-state index in [0.717, 1.165) is 6.07 Å². The van der Waals surface area contributed by atoms with Crippen LogP contribution in [0.3, 0.4) is 0 Å². The second-order valence-corrected chi connectivity index (χ2v) is 7.60. The number of carboxylic acid groups (broad SMARTS) is 1. The van der Waals surface area contributed by atoms with Gasteiger partial charge in [0.15, 0.2) is 0 Å². The SMILES string of the molecule is CCC(C)(CO)NS(=O)(=O)c1cc(Br)c(C)c(C(=O)O)c1. The zero-order valence-corrected chi connectivity index (χ0v) is 14.4. The topological polar surface area (TPSA) is 104 Å². The highest BCUT2D eigenvalue weighted by Gasteiger charge is 2.29. The Bertz CT molecular complexity index is 653. The summed E-state index contributed by atoms with van der Waals surface area (Å²) in [5.41, 5.74) is -0.645. The molecule has 0 saturated carbocycles. The lowest BCUT2D eigenvalue weighted by atomic mass is 10.0. The Morgan fingerprint density at radius 2 is 2.00 bits per heavy atom. The molecule has 0 aliphatic carbocycles. The fourth-order valence-corrected chi connectivity index (χ4v) is 3.76. The van der Waals surface area contributed by atoms with Crippen molar-refractivity contribution in [2.75, 3.05) is 6.61 Å². The Morgan fingerprint density at radius 3 is 2.43 bits per heavy atom. The first-order valence-electron chi connectivity index (χ1n) is 6.24. The van der Waals surface area contributed by atoms with Crippen LogP contribution in [0.15, 0.2) is 21.5 Å². The number of halogens is 1. The van der Waals surface area contributed by atoms with Crippen LogP contribution in [0.2, 0.25) is 0 Å². The molecule has 0 bridgehead atoms. The van der Waals surface area contributed by atoms with Crippen LogP contribution in [0.25, 0.3) is 0 Å². The van der Waals surface area contributed by atoms with Gasteiger partial charge in [-0.3, -0.25) is 0 Å². The number of benzene rings is 1. The zero-order chi connectivity index (χ0) is 16.4. The lowest BCUT2D eigenvalue weighted by molar-refractivity contribution is 0.0695. The molecule has 118 valence electrons. The predicted molar refractivity (Wildman–Crippen MR) is 81.9 cm³/mol. The number of carbonyl (C=O) groups is 1. The number of sulfonamides is 1. The fraction of sp³-hybridized carbons (Fsp3) is 0.462. The molecule has 8 heteroatoms. The largest absolute Gasteiger partial charge is 0.478 e. The average molecular weight is 380 g/mol. The van der Waals surface area contributed by atoms with E-state index in [1.807, 2.05) is 0 Å². The van der Waals surface area contributed by atoms with E-state index in [2.05, 4.69) is 20.7 Å². The van der Waals surface area contributed by atoms with E-state index in [0.29, 0.717) is 16.5 Å². The molecule has 0 fully saturated rings. The molecule has 0 radical (unpaired) electrons. The van der Waals surface area contributed by atoms with Crippen molar-refractivity contribution in [2.24, 2.45) is 0 Å². The quantitative estimate of drug-likeness (QED) is 0.699. The van der Waals surface area contributed by atoms with Crippen LogP contribution >= 0.6 is 15.9 Å². The molecule has 1 aromatic rings. The van der Waals surface area contributed by atoms with Gasteiger partial charge in [0, 0.05) is 4.47 Å². The number of carboxylic acids is 1. The molecule has 3 N–H and O–H groups in total. The van der Waals surface area contributed by atoms with E-state index in [9.17, 15) is 18.3 Å². The Kier molecular flexibility index (Phi) is 5.54. The lowest BCUT2D eigenvalue weighted by Gasteiger charge is -2.27. The average Bonchev–Trinajstić information content (AvgIpc) is 2.40. The van der Waals surface area contributed by atoms with Gasteiger partial charge < -0.3 is 10.2 Å². The van der Waals surface area contributed by atoms with Gasteiger partial charge >= 0.3 is 5.97 Å². The third kappa shape index (κ3) is 4.03. The second-order valence-electron chi connectivity index (χ2n) is 5.06. The monoisotopic (exact) mass is 379 g/mol. The first-order valence-corrected chi connectivity index (χ1v) is 8.52. The Labute approximate surface area is 132 Å². The summed E-state index contributed by atoms with van der Waals surface area (Å²) in [6.45, 7) is 4.54. The van der Waals surface area contributed by atoms with Crippen LogP contribution in [-0.4, -0.2) is 36.7 Å². The van der Waals surface area contributed by atoms with Crippen molar-refractivity contribution in [3.05, 3.63) is 27.7 Å². The molecule has 21 heavy (non-hydrogen) atoms. The molecule has 1 unspecified atom stereocenters. The third-order valence-electron chi connectivity index (χ3n) is 3.37. The van der Waals surface area contributed by atoms with Crippen molar-refractivity contribution in [1.29, 1.82) is 0 Å². The van der Waals surface area contributed by atoms with Crippen LogP contribution < -0.4 is 4.72 Å². The molecule has 1 atom stereocenters. The van der Waals surface area contributed by atoms with Gasteiger partial charge in [-0.15, -0.1) is 0 Å². The number of aliphatic hydroxyl groups excluding tert-OH is 1. The van der Waals surface area contributed by atoms with Crippen LogP contribution in [0.4, 0.5) is 0 Å². The molecule has 0 aliphatic rings. The van der Waals surface area contributed by atoms with Crippen molar-refractivity contribution < 1.29 is 23.4 Å². The minimum Gasteiger partial charge on any atom is -0.478 e. The molecule has 0 aromatic heterocycles. The fourth-order valence-electron chi connectivity index (χ4n) is 1.63. The highest BCUT2D eigenvalue weighted by Crippen LogP contribution is 2.26. The van der Waals surface area contributed by atoms with Gasteiger partial charge in [0.25, 0.3) is 0 Å². The maximum Gasteiger partial charge on any atom is 0.336 e. The number of hydrogen-bond acceptors (Lipinski definition) is 4. The van der Waals surface area contributed by atoms with Crippen molar-refractivity contribution in [3.63, 3.8) is 0 Å². The van der Waals surface area contributed by atoms with Crippen LogP contribution in [0.5, 0.6) is 0 Å². The van der Waals surface area contributed by atoms with Gasteiger partial charge in [0.2, 0.25) is 10.0 Å². The van der Waals surface area contributed by atoms with Gasteiger partial charge in [-0.1, -0.05) is 22.9 Å². The number of nitrogens with one attached hydrogen (secondary N) is 1. The van der Waals surface area contributed by atoms with E-state index in [4.69, 9.17) is 5.11 Å². The Morgan fingerprint density at radius 1 is 1.43 bits per heavy atom. The van der Waals surface area contributed by atoms with Crippen molar-refractivity contribution >= 4 is 31.9 Å². The summed E-state index contributed by atoms with van der Waals surface area (Å²) in [5, 5.41) is 18.4. The number of hydrogen-bond donors (Lipinski definition) is 3. The summed E-state index contributed by atoms with van der Waals surface area (Å²) < 4.78 is 27.5. The van der Waals surface area contributed by atoms with Gasteiger partial charge in [0.1, 0.15) is 0 Å². The van der Waals surface area contributed by atoms with E-state index in [1.165, 1.54) is 6.07 Å². The number of rotatable bonds is 6. The minimum atomic E-state index is -3.94. The molecular weight excluding hydrogens is 362 g/mol. The predicted octanol–water partition coefficient (Wildman–Crippen LogP) is 1.90. The molecule has 0 spiro atoms. The minimum absolute atomic E-state index is 0.0908. The van der Waals surface area contributed by atoms with Gasteiger partial charge in [-0.25, -0.2) is 17.9 Å². The summed E-state index contributed by atoms with van der Waals surface area (Å²) in [6.07, 6.45) is 0.390. The first kappa shape index (κ1) is 18.1. The maximum absolute atomic E-state index is 12.4. The molecule has 0 saturated heterocycles.